The molecule has 0 fully saturated rings. The molecule has 0 saturated heterocycles. The smallest absolute Gasteiger partial charge is 0.497 e. The number of hydrogen-bond acceptors (Lipinski definition) is 3. The zero-order valence-electron chi connectivity index (χ0n) is 22.4. The Labute approximate surface area is 245 Å². The van der Waals surface area contributed by atoms with Crippen LogP contribution in [0.15, 0.2) is 72.8 Å². The van der Waals surface area contributed by atoms with Gasteiger partial charge in [0, 0.05) is 45.3 Å². The molecule has 6 heteroatoms. The third-order valence-corrected chi connectivity index (χ3v) is 8.06. The van der Waals surface area contributed by atoms with Crippen molar-refractivity contribution in [3.05, 3.63) is 108 Å². The fraction of sp³-hybridized carbons (Fsp3) is 0.118. The second kappa shape index (κ2) is 8.90. The molecule has 196 valence electrons. The number of para-hydroxylation sites is 2. The molecule has 5 nitrogen and oxygen atoms in total. The molecular formula is C34H24N4OPt. The standard InChI is InChI=1S/C34H24N4O.Pt/c1-19-21(3)37-31-11-7-5-9-27(31)25-15-13-23(17-29(25)33(37)35-19)39-24-14-16-26-28-10-6-8-12-32(28)38-22(4)20(2)36-34(38)30(26)18-24;/h5-16H,1-4H3;/q-2;+2. The summed E-state index contributed by atoms with van der Waals surface area (Å²) in [5, 5.41) is 6.43. The SMILES string of the molecule is Cc1nc2c3[c-]c(Oc4[c-]c5c(cc4)c4ccccc4n4c(C)c(C)nc54)ccc3c3ccccc3n2c1C.[Pt+2]. The number of aryl methyl sites for hydroxylation is 4. The number of aromatic nitrogens is 4. The van der Waals surface area contributed by atoms with E-state index >= 15 is 0 Å². The average Bonchev–Trinajstić information content (AvgIpc) is 3.43. The van der Waals surface area contributed by atoms with E-state index < -0.39 is 0 Å². The first-order valence-electron chi connectivity index (χ1n) is 13.1. The van der Waals surface area contributed by atoms with Crippen LogP contribution < -0.4 is 4.74 Å². The summed E-state index contributed by atoms with van der Waals surface area (Å²) in [6, 6.07) is 32.1. The maximum atomic E-state index is 6.41. The summed E-state index contributed by atoms with van der Waals surface area (Å²) in [5.41, 5.74) is 8.35. The van der Waals surface area contributed by atoms with E-state index in [2.05, 4.69) is 109 Å². The van der Waals surface area contributed by atoms with Crippen LogP contribution in [0.25, 0.3) is 54.6 Å². The summed E-state index contributed by atoms with van der Waals surface area (Å²) in [6.45, 7) is 8.33. The summed E-state index contributed by atoms with van der Waals surface area (Å²) in [5.74, 6) is 1.25. The van der Waals surface area contributed by atoms with Gasteiger partial charge in [-0.3, -0.25) is 9.97 Å². The predicted molar refractivity (Wildman–Crippen MR) is 157 cm³/mol. The minimum atomic E-state index is 0. The molecule has 4 heterocycles. The van der Waals surface area contributed by atoms with Crippen molar-refractivity contribution in [1.29, 1.82) is 0 Å². The van der Waals surface area contributed by atoms with Crippen molar-refractivity contribution >= 4 is 54.6 Å². The van der Waals surface area contributed by atoms with E-state index in [4.69, 9.17) is 14.7 Å². The van der Waals surface area contributed by atoms with Gasteiger partial charge in [-0.25, -0.2) is 0 Å². The van der Waals surface area contributed by atoms with E-state index in [1.165, 1.54) is 10.8 Å². The Morgan fingerprint density at radius 3 is 1.43 bits per heavy atom. The van der Waals surface area contributed by atoms with E-state index in [1.807, 2.05) is 12.1 Å². The molecule has 0 aliphatic rings. The molecule has 0 aliphatic carbocycles. The predicted octanol–water partition coefficient (Wildman–Crippen LogP) is 8.22. The minimum absolute atomic E-state index is 0. The van der Waals surface area contributed by atoms with Crippen molar-refractivity contribution in [2.75, 3.05) is 0 Å². The van der Waals surface area contributed by atoms with Crippen molar-refractivity contribution in [3.8, 4) is 11.5 Å². The zero-order chi connectivity index (χ0) is 26.4. The molecule has 0 saturated carbocycles. The van der Waals surface area contributed by atoms with Crippen LogP contribution >= 0.6 is 0 Å². The molecule has 0 spiro atoms. The fourth-order valence-corrected chi connectivity index (χ4v) is 5.93. The second-order valence-corrected chi connectivity index (χ2v) is 10.2. The summed E-state index contributed by atoms with van der Waals surface area (Å²) in [6.07, 6.45) is 0. The van der Waals surface area contributed by atoms with Gasteiger partial charge in [0.15, 0.2) is 0 Å². The molecule has 0 aliphatic heterocycles. The Morgan fingerprint density at radius 1 is 0.550 bits per heavy atom. The molecular weight excluding hydrogens is 675 g/mol. The van der Waals surface area contributed by atoms with Crippen LogP contribution in [0, 0.1) is 39.8 Å². The first-order chi connectivity index (χ1) is 19.0. The molecule has 8 rings (SSSR count). The van der Waals surface area contributed by atoms with Crippen LogP contribution in [0.2, 0.25) is 0 Å². The van der Waals surface area contributed by atoms with Crippen molar-refractivity contribution < 1.29 is 25.8 Å². The number of rotatable bonds is 2. The third-order valence-electron chi connectivity index (χ3n) is 8.06. The van der Waals surface area contributed by atoms with Gasteiger partial charge in [-0.2, -0.15) is 0 Å². The third kappa shape index (κ3) is 3.37. The first-order valence-corrected chi connectivity index (χ1v) is 13.1. The van der Waals surface area contributed by atoms with Crippen LogP contribution in [0.3, 0.4) is 0 Å². The van der Waals surface area contributed by atoms with Crippen molar-refractivity contribution in [1.82, 2.24) is 18.8 Å². The van der Waals surface area contributed by atoms with Crippen LogP contribution in [0.5, 0.6) is 11.5 Å². The number of ether oxygens (including phenoxy) is 1. The Morgan fingerprint density at radius 2 is 0.975 bits per heavy atom. The van der Waals surface area contributed by atoms with E-state index in [1.54, 1.807) is 0 Å². The number of imidazole rings is 2. The summed E-state index contributed by atoms with van der Waals surface area (Å²) in [7, 11) is 0. The van der Waals surface area contributed by atoms with Crippen molar-refractivity contribution in [3.63, 3.8) is 0 Å². The molecule has 40 heavy (non-hydrogen) atoms. The Kier molecular flexibility index (Phi) is 5.52. The molecule has 4 aromatic heterocycles. The second-order valence-electron chi connectivity index (χ2n) is 10.2. The monoisotopic (exact) mass is 699 g/mol. The Hall–Kier alpha value is -4.21. The van der Waals surface area contributed by atoms with Crippen LogP contribution in [0.1, 0.15) is 22.8 Å². The van der Waals surface area contributed by atoms with Crippen LogP contribution in [-0.2, 0) is 21.1 Å². The number of hydrogen-bond donors (Lipinski definition) is 0. The largest absolute Gasteiger partial charge is 2.00 e. The van der Waals surface area contributed by atoms with Gasteiger partial charge in [-0.15, -0.1) is 12.1 Å². The quantitative estimate of drug-likeness (QED) is 0.135. The number of fused-ring (bicyclic) bond motifs is 12. The topological polar surface area (TPSA) is 43.8 Å². The van der Waals surface area contributed by atoms with E-state index in [-0.39, 0.29) is 21.1 Å². The molecule has 8 aromatic rings. The van der Waals surface area contributed by atoms with E-state index in [9.17, 15) is 0 Å². The maximum Gasteiger partial charge on any atom is 2.00 e. The Balaban J connectivity index is 0.00000264. The normalized spacial score (nSPS) is 11.8. The fourth-order valence-electron chi connectivity index (χ4n) is 5.93. The number of benzene rings is 4. The molecule has 0 amide bonds. The van der Waals surface area contributed by atoms with Crippen molar-refractivity contribution in [2.24, 2.45) is 0 Å². The molecule has 0 radical (unpaired) electrons. The number of pyridine rings is 2. The van der Waals surface area contributed by atoms with Crippen molar-refractivity contribution in [2.45, 2.75) is 27.7 Å². The summed E-state index contributed by atoms with van der Waals surface area (Å²) in [4.78, 5) is 9.82. The van der Waals surface area contributed by atoms with Gasteiger partial charge in [0.05, 0.1) is 11.3 Å². The van der Waals surface area contributed by atoms with Gasteiger partial charge < -0.3 is 13.5 Å². The Bertz CT molecular complexity index is 2150. The molecule has 4 aromatic carbocycles. The molecule has 0 N–H and O–H groups in total. The van der Waals surface area contributed by atoms with E-state index in [0.29, 0.717) is 11.5 Å². The van der Waals surface area contributed by atoms with Gasteiger partial charge in [0.1, 0.15) is 0 Å². The van der Waals surface area contributed by atoms with Crippen LogP contribution in [-0.4, -0.2) is 18.8 Å². The summed E-state index contributed by atoms with van der Waals surface area (Å²) < 4.78 is 10.9. The molecule has 0 atom stereocenters. The van der Waals surface area contributed by atoms with Gasteiger partial charge in [0.2, 0.25) is 0 Å². The van der Waals surface area contributed by atoms with Gasteiger partial charge in [-0.1, -0.05) is 82.2 Å². The number of nitrogens with zero attached hydrogens (tertiary/aromatic N) is 4. The maximum absolute atomic E-state index is 6.41. The minimum Gasteiger partial charge on any atom is -0.497 e. The molecule has 0 bridgehead atoms. The van der Waals surface area contributed by atoms with Gasteiger partial charge in [0.25, 0.3) is 0 Å². The zero-order valence-corrected chi connectivity index (χ0v) is 24.7. The van der Waals surface area contributed by atoms with Gasteiger partial charge in [-0.05, 0) is 50.6 Å². The van der Waals surface area contributed by atoms with Crippen LogP contribution in [0.4, 0.5) is 0 Å². The summed E-state index contributed by atoms with van der Waals surface area (Å²) >= 11 is 0. The molecule has 0 unspecified atom stereocenters. The average molecular weight is 700 g/mol. The van der Waals surface area contributed by atoms with Gasteiger partial charge >= 0.3 is 21.1 Å². The van der Waals surface area contributed by atoms with E-state index in [0.717, 1.165) is 66.6 Å². The first kappa shape index (κ1) is 24.8.